The first-order valence-corrected chi connectivity index (χ1v) is 10.7. The molecule has 0 aromatic heterocycles. The Hall–Kier alpha value is -1.51. The molecule has 2 saturated heterocycles. The van der Waals surface area contributed by atoms with Gasteiger partial charge in [-0.2, -0.15) is 4.31 Å². The Balaban J connectivity index is 1.88. The Kier molecular flexibility index (Phi) is 5.37. The summed E-state index contributed by atoms with van der Waals surface area (Å²) in [7, 11) is -3.74. The summed E-state index contributed by atoms with van der Waals surface area (Å²) in [5, 5.41) is 11.1. The highest BCUT2D eigenvalue weighted by molar-refractivity contribution is 7.89. The minimum Gasteiger partial charge on any atom is -0.294 e. The van der Waals surface area contributed by atoms with Crippen LogP contribution in [-0.4, -0.2) is 53.8 Å². The quantitative estimate of drug-likeness (QED) is 0.591. The molecule has 0 radical (unpaired) electrons. The van der Waals surface area contributed by atoms with E-state index in [0.29, 0.717) is 30.7 Å². The Labute approximate surface area is 155 Å². The molecule has 2 fully saturated rings. The number of nitro groups is 1. The van der Waals surface area contributed by atoms with Crippen molar-refractivity contribution in [3.05, 3.63) is 33.9 Å². The van der Waals surface area contributed by atoms with Crippen molar-refractivity contribution >= 4 is 15.7 Å². The van der Waals surface area contributed by atoms with Crippen molar-refractivity contribution in [1.29, 1.82) is 0 Å². The third-order valence-corrected chi connectivity index (χ3v) is 7.81. The van der Waals surface area contributed by atoms with Crippen molar-refractivity contribution in [3.63, 3.8) is 0 Å². The predicted molar refractivity (Wildman–Crippen MR) is 99.6 cm³/mol. The first-order valence-electron chi connectivity index (χ1n) is 9.24. The number of hydrogen-bond donors (Lipinski definition) is 0. The fraction of sp³-hybridized carbons (Fsp3) is 0.667. The van der Waals surface area contributed by atoms with Gasteiger partial charge in [-0.1, -0.05) is 6.07 Å². The highest BCUT2D eigenvalue weighted by Gasteiger charge is 2.39. The van der Waals surface area contributed by atoms with E-state index in [0.717, 1.165) is 25.7 Å². The van der Waals surface area contributed by atoms with Crippen LogP contribution < -0.4 is 0 Å². The largest absolute Gasteiger partial charge is 0.294 e. The smallest absolute Gasteiger partial charge is 0.270 e. The van der Waals surface area contributed by atoms with Crippen molar-refractivity contribution in [2.24, 2.45) is 0 Å². The molecule has 2 heterocycles. The van der Waals surface area contributed by atoms with Crippen LogP contribution in [0.5, 0.6) is 0 Å². The molecule has 0 bridgehead atoms. The zero-order valence-electron chi connectivity index (χ0n) is 15.6. The van der Waals surface area contributed by atoms with Crippen LogP contribution >= 0.6 is 0 Å². The number of rotatable bonds is 4. The van der Waals surface area contributed by atoms with E-state index in [1.54, 1.807) is 6.92 Å². The molecule has 0 aliphatic carbocycles. The van der Waals surface area contributed by atoms with E-state index < -0.39 is 14.9 Å². The highest BCUT2D eigenvalue weighted by atomic mass is 32.2. The summed E-state index contributed by atoms with van der Waals surface area (Å²) in [6.07, 6.45) is 4.10. The Morgan fingerprint density at radius 3 is 2.42 bits per heavy atom. The van der Waals surface area contributed by atoms with Gasteiger partial charge in [-0.15, -0.1) is 0 Å². The van der Waals surface area contributed by atoms with Crippen molar-refractivity contribution < 1.29 is 13.3 Å². The van der Waals surface area contributed by atoms with Crippen LogP contribution in [0.25, 0.3) is 0 Å². The third kappa shape index (κ3) is 3.50. The minimum atomic E-state index is -3.74. The van der Waals surface area contributed by atoms with E-state index in [2.05, 4.69) is 18.7 Å². The fourth-order valence-corrected chi connectivity index (χ4v) is 6.20. The van der Waals surface area contributed by atoms with Crippen molar-refractivity contribution in [3.8, 4) is 0 Å². The van der Waals surface area contributed by atoms with Crippen LogP contribution in [0.3, 0.4) is 0 Å². The van der Waals surface area contributed by atoms with Crippen LogP contribution in [0.15, 0.2) is 23.1 Å². The van der Waals surface area contributed by atoms with Crippen LogP contribution in [0.4, 0.5) is 5.69 Å². The van der Waals surface area contributed by atoms with Gasteiger partial charge in [-0.05, 0) is 52.0 Å². The summed E-state index contributed by atoms with van der Waals surface area (Å²) in [4.78, 5) is 13.0. The van der Waals surface area contributed by atoms with E-state index in [1.165, 1.54) is 22.5 Å². The molecule has 2 aliphatic heterocycles. The topological polar surface area (TPSA) is 83.8 Å². The monoisotopic (exact) mass is 381 g/mol. The van der Waals surface area contributed by atoms with Gasteiger partial charge in [-0.3, -0.25) is 15.0 Å². The second kappa shape index (κ2) is 7.25. The summed E-state index contributed by atoms with van der Waals surface area (Å²) in [5.41, 5.74) is 0.352. The van der Waals surface area contributed by atoms with Crippen molar-refractivity contribution in [2.45, 2.75) is 69.5 Å². The number of benzene rings is 1. The third-order valence-electron chi connectivity index (χ3n) is 5.80. The van der Waals surface area contributed by atoms with Gasteiger partial charge >= 0.3 is 0 Å². The first-order chi connectivity index (χ1) is 12.2. The second-order valence-electron chi connectivity index (χ2n) is 7.59. The molecule has 8 heteroatoms. The van der Waals surface area contributed by atoms with E-state index in [9.17, 15) is 18.5 Å². The zero-order chi connectivity index (χ0) is 19.1. The van der Waals surface area contributed by atoms with Gasteiger partial charge in [0.1, 0.15) is 0 Å². The van der Waals surface area contributed by atoms with Gasteiger partial charge in [0.2, 0.25) is 10.0 Å². The number of sulfonamides is 1. The summed E-state index contributed by atoms with van der Waals surface area (Å²) in [5.74, 6) is 0. The number of nitrogens with zero attached hydrogens (tertiary/aromatic N) is 3. The minimum absolute atomic E-state index is 0.0508. The summed E-state index contributed by atoms with van der Waals surface area (Å²) in [6.45, 7) is 7.03. The lowest BCUT2D eigenvalue weighted by atomic mass is 10.0. The lowest BCUT2D eigenvalue weighted by Crippen LogP contribution is -2.52. The second-order valence-corrected chi connectivity index (χ2v) is 9.49. The Morgan fingerprint density at radius 1 is 1.15 bits per heavy atom. The molecule has 0 N–H and O–H groups in total. The molecule has 0 saturated carbocycles. The van der Waals surface area contributed by atoms with Crippen LogP contribution in [0.1, 0.15) is 45.1 Å². The van der Waals surface area contributed by atoms with E-state index in [1.807, 2.05) is 0 Å². The summed E-state index contributed by atoms with van der Waals surface area (Å²) in [6, 6.07) is 5.20. The normalized spacial score (nSPS) is 28.3. The molecule has 26 heavy (non-hydrogen) atoms. The lowest BCUT2D eigenvalue weighted by Gasteiger charge is -2.41. The maximum absolute atomic E-state index is 13.2. The predicted octanol–water partition coefficient (Wildman–Crippen LogP) is 2.93. The molecule has 3 rings (SSSR count). The molecule has 1 aromatic rings. The molecular weight excluding hydrogens is 354 g/mol. The van der Waals surface area contributed by atoms with Gasteiger partial charge in [0.05, 0.1) is 9.82 Å². The number of hydrogen-bond acceptors (Lipinski definition) is 5. The fourth-order valence-electron chi connectivity index (χ4n) is 4.44. The van der Waals surface area contributed by atoms with Crippen LogP contribution in [0.2, 0.25) is 0 Å². The van der Waals surface area contributed by atoms with Gasteiger partial charge < -0.3 is 0 Å². The van der Waals surface area contributed by atoms with Crippen molar-refractivity contribution in [1.82, 2.24) is 9.21 Å². The molecule has 0 amide bonds. The average molecular weight is 381 g/mol. The summed E-state index contributed by atoms with van der Waals surface area (Å²) >= 11 is 0. The lowest BCUT2D eigenvalue weighted by molar-refractivity contribution is -0.385. The maximum Gasteiger partial charge on any atom is 0.270 e. The van der Waals surface area contributed by atoms with Gasteiger partial charge in [-0.25, -0.2) is 8.42 Å². The molecule has 3 atom stereocenters. The van der Waals surface area contributed by atoms with E-state index in [4.69, 9.17) is 0 Å². The molecular formula is C18H27N3O4S. The number of likely N-dealkylation sites (tertiary alicyclic amines) is 1. The van der Waals surface area contributed by atoms with Gasteiger partial charge in [0.25, 0.3) is 5.69 Å². The highest BCUT2D eigenvalue weighted by Crippen LogP contribution is 2.32. The molecule has 3 unspecified atom stereocenters. The Morgan fingerprint density at radius 2 is 1.81 bits per heavy atom. The molecule has 7 nitrogen and oxygen atoms in total. The molecule has 0 spiro atoms. The average Bonchev–Trinajstić information content (AvgIpc) is 2.93. The summed E-state index contributed by atoms with van der Waals surface area (Å²) < 4.78 is 27.9. The number of aryl methyl sites for hydroxylation is 1. The first kappa shape index (κ1) is 19.3. The van der Waals surface area contributed by atoms with E-state index in [-0.39, 0.29) is 16.6 Å². The SMILES string of the molecule is Cc1ccc([N+](=O)[O-])cc1S(=O)(=O)N1CCCC(N2C(C)CCC2C)C1. The van der Waals surface area contributed by atoms with Crippen molar-refractivity contribution in [2.75, 3.05) is 13.1 Å². The number of piperidine rings is 1. The van der Waals surface area contributed by atoms with Gasteiger partial charge in [0, 0.05) is 43.3 Å². The molecule has 144 valence electrons. The van der Waals surface area contributed by atoms with Crippen LogP contribution in [0, 0.1) is 17.0 Å². The molecule has 1 aromatic carbocycles. The maximum atomic E-state index is 13.2. The standard InChI is InChI=1S/C18H27N3O4S/c1-13-6-9-16(21(22)23)11-18(13)26(24,25)19-10-4-5-17(12-19)20-14(2)7-8-15(20)3/h6,9,11,14-15,17H,4-5,7-8,10,12H2,1-3H3. The number of non-ortho nitro benzene ring substituents is 1. The zero-order valence-corrected chi connectivity index (χ0v) is 16.4. The number of nitro benzene ring substituents is 1. The Bertz CT molecular complexity index is 786. The van der Waals surface area contributed by atoms with E-state index >= 15 is 0 Å². The van der Waals surface area contributed by atoms with Crippen LogP contribution in [-0.2, 0) is 10.0 Å². The molecule has 2 aliphatic rings. The van der Waals surface area contributed by atoms with Gasteiger partial charge in [0.15, 0.2) is 0 Å².